The molecular weight excluding hydrogens is 134 g/mol. The van der Waals surface area contributed by atoms with Crippen LogP contribution >= 0.6 is 11.6 Å². The van der Waals surface area contributed by atoms with Gasteiger partial charge in [0.15, 0.2) is 0 Å². The minimum Gasteiger partial charge on any atom is -0.297 e. The van der Waals surface area contributed by atoms with Crippen molar-refractivity contribution in [1.29, 1.82) is 0 Å². The molecule has 0 amide bonds. The van der Waals surface area contributed by atoms with Crippen molar-refractivity contribution in [2.24, 2.45) is 4.99 Å². The Hall–Kier alpha value is -0.560. The van der Waals surface area contributed by atoms with Crippen LogP contribution in [0.15, 0.2) is 28.3 Å². The van der Waals surface area contributed by atoms with E-state index < -0.39 is 0 Å². The maximum atomic E-state index is 5.52. The van der Waals surface area contributed by atoms with Crippen molar-refractivity contribution in [2.75, 3.05) is 7.05 Å². The average molecular weight is 144 g/mol. The van der Waals surface area contributed by atoms with Gasteiger partial charge in [-0.3, -0.25) is 4.99 Å². The van der Waals surface area contributed by atoms with Gasteiger partial charge in [0.1, 0.15) is 0 Å². The topological polar surface area (TPSA) is 12.4 Å². The lowest BCUT2D eigenvalue weighted by atomic mass is 10.4. The van der Waals surface area contributed by atoms with E-state index in [1.165, 1.54) is 0 Å². The molecule has 0 aromatic carbocycles. The van der Waals surface area contributed by atoms with Gasteiger partial charge in [-0.2, -0.15) is 0 Å². The first-order valence-corrected chi connectivity index (χ1v) is 3.06. The summed E-state index contributed by atoms with van der Waals surface area (Å²) < 4.78 is 0. The highest BCUT2D eigenvalue weighted by Gasteiger charge is 1.70. The highest BCUT2D eigenvalue weighted by Crippen LogP contribution is 1.96. The average Bonchev–Trinajstić information content (AvgIpc) is 1.80. The Kier molecular flexibility index (Phi) is 5.23. The van der Waals surface area contributed by atoms with Crippen LogP contribution in [0.5, 0.6) is 0 Å². The summed E-state index contributed by atoms with van der Waals surface area (Å²) >= 11 is 5.52. The quantitative estimate of drug-likeness (QED) is 0.416. The van der Waals surface area contributed by atoms with Crippen LogP contribution in [0, 0.1) is 0 Å². The lowest BCUT2D eigenvalue weighted by molar-refractivity contribution is 1.48. The van der Waals surface area contributed by atoms with Crippen LogP contribution in [0.3, 0.4) is 0 Å². The lowest BCUT2D eigenvalue weighted by Crippen LogP contribution is -1.60. The van der Waals surface area contributed by atoms with Crippen LogP contribution < -0.4 is 0 Å². The van der Waals surface area contributed by atoms with E-state index in [0.29, 0.717) is 0 Å². The molecule has 0 aromatic heterocycles. The van der Waals surface area contributed by atoms with Gasteiger partial charge in [0.05, 0.1) is 0 Å². The molecule has 0 saturated carbocycles. The van der Waals surface area contributed by atoms with Crippen LogP contribution in [0.1, 0.15) is 6.92 Å². The molecule has 0 fully saturated rings. The molecule has 1 nitrogen and oxygen atoms in total. The summed E-state index contributed by atoms with van der Waals surface area (Å²) in [5.74, 6) is 0. The van der Waals surface area contributed by atoms with Gasteiger partial charge in [-0.1, -0.05) is 17.7 Å². The Bertz CT molecular complexity index is 141. The van der Waals surface area contributed by atoms with E-state index >= 15 is 0 Å². The summed E-state index contributed by atoms with van der Waals surface area (Å²) in [5.41, 5.74) is 0. The smallest absolute Gasteiger partial charge is 0.0277 e. The molecule has 9 heavy (non-hydrogen) atoms. The van der Waals surface area contributed by atoms with Gasteiger partial charge in [-0.05, 0) is 19.1 Å². The monoisotopic (exact) mass is 143 g/mol. The van der Waals surface area contributed by atoms with E-state index in [2.05, 4.69) is 4.99 Å². The lowest BCUT2D eigenvalue weighted by Gasteiger charge is -1.76. The Morgan fingerprint density at radius 2 is 2.11 bits per heavy atom. The minimum atomic E-state index is 0.774. The van der Waals surface area contributed by atoms with Crippen LogP contribution in [-0.4, -0.2) is 13.3 Å². The van der Waals surface area contributed by atoms with Crippen molar-refractivity contribution in [3.8, 4) is 0 Å². The van der Waals surface area contributed by atoms with E-state index in [1.54, 1.807) is 13.3 Å². The number of hydrogen-bond donors (Lipinski definition) is 0. The number of rotatable bonds is 2. The van der Waals surface area contributed by atoms with Gasteiger partial charge in [0.2, 0.25) is 0 Å². The molecule has 0 rings (SSSR count). The Balaban J connectivity index is 3.60. The van der Waals surface area contributed by atoms with Gasteiger partial charge in [0.25, 0.3) is 0 Å². The summed E-state index contributed by atoms with van der Waals surface area (Å²) in [5, 5.41) is 0.774. The van der Waals surface area contributed by atoms with Gasteiger partial charge >= 0.3 is 0 Å². The molecule has 0 saturated heterocycles. The second kappa shape index (κ2) is 5.57. The van der Waals surface area contributed by atoms with Crippen molar-refractivity contribution < 1.29 is 0 Å². The summed E-state index contributed by atoms with van der Waals surface area (Å²) in [6.45, 7) is 1.83. The highest BCUT2D eigenvalue weighted by atomic mass is 35.5. The Morgan fingerprint density at radius 1 is 1.44 bits per heavy atom. The summed E-state index contributed by atoms with van der Waals surface area (Å²) in [6.07, 6.45) is 7.18. The van der Waals surface area contributed by atoms with Gasteiger partial charge in [-0.25, -0.2) is 0 Å². The van der Waals surface area contributed by atoms with Crippen molar-refractivity contribution >= 4 is 17.8 Å². The molecular formula is C7H10ClN. The highest BCUT2D eigenvalue weighted by molar-refractivity contribution is 6.29. The number of aliphatic imine (C=N–C) groups is 1. The van der Waals surface area contributed by atoms with Gasteiger partial charge in [-0.15, -0.1) is 0 Å². The number of allylic oxidation sites excluding steroid dienone is 4. The molecule has 0 aliphatic heterocycles. The predicted molar refractivity (Wildman–Crippen MR) is 43.2 cm³/mol. The van der Waals surface area contributed by atoms with Crippen molar-refractivity contribution in [1.82, 2.24) is 0 Å². The van der Waals surface area contributed by atoms with E-state index in [0.717, 1.165) is 5.03 Å². The van der Waals surface area contributed by atoms with E-state index in [1.807, 2.05) is 25.2 Å². The fourth-order valence-electron chi connectivity index (χ4n) is 0.324. The maximum Gasteiger partial charge on any atom is 0.0277 e. The predicted octanol–water partition coefficient (Wildman–Crippen LogP) is 2.39. The molecule has 0 bridgehead atoms. The van der Waals surface area contributed by atoms with Gasteiger partial charge in [0, 0.05) is 18.3 Å². The summed E-state index contributed by atoms with van der Waals surface area (Å²) in [4.78, 5) is 3.75. The molecule has 0 aromatic rings. The molecule has 0 N–H and O–H groups in total. The Morgan fingerprint density at radius 3 is 2.56 bits per heavy atom. The zero-order chi connectivity index (χ0) is 7.11. The fraction of sp³-hybridized carbons (Fsp3) is 0.286. The molecule has 0 unspecified atom stereocenters. The first-order chi connectivity index (χ1) is 4.27. The Labute approximate surface area is 60.7 Å². The minimum absolute atomic E-state index is 0.774. The molecule has 2 heteroatoms. The molecule has 0 aliphatic carbocycles. The fourth-order valence-corrected chi connectivity index (χ4v) is 0.397. The molecule has 0 aliphatic rings. The van der Waals surface area contributed by atoms with E-state index in [4.69, 9.17) is 11.6 Å². The third kappa shape index (κ3) is 7.44. The maximum absolute atomic E-state index is 5.52. The van der Waals surface area contributed by atoms with Crippen LogP contribution in [0.2, 0.25) is 0 Å². The standard InChI is InChI=1S/C7H10ClN/c1-7(8)5-3-4-6-9-2/h3-6H,1-2H3/b4-3-,7-5+,9-6+. The first kappa shape index (κ1) is 8.44. The summed E-state index contributed by atoms with van der Waals surface area (Å²) in [7, 11) is 1.72. The largest absolute Gasteiger partial charge is 0.297 e. The summed E-state index contributed by atoms with van der Waals surface area (Å²) in [6, 6.07) is 0. The molecule has 0 atom stereocenters. The van der Waals surface area contributed by atoms with Gasteiger partial charge < -0.3 is 0 Å². The zero-order valence-electron chi connectivity index (χ0n) is 5.63. The number of nitrogens with zero attached hydrogens (tertiary/aromatic N) is 1. The van der Waals surface area contributed by atoms with Crippen molar-refractivity contribution in [2.45, 2.75) is 6.92 Å². The van der Waals surface area contributed by atoms with Crippen molar-refractivity contribution in [3.63, 3.8) is 0 Å². The van der Waals surface area contributed by atoms with E-state index in [9.17, 15) is 0 Å². The number of halogens is 1. The first-order valence-electron chi connectivity index (χ1n) is 2.68. The second-order valence-corrected chi connectivity index (χ2v) is 2.14. The normalized spacial score (nSPS) is 13.9. The van der Waals surface area contributed by atoms with Crippen molar-refractivity contribution in [3.05, 3.63) is 23.3 Å². The van der Waals surface area contributed by atoms with E-state index in [-0.39, 0.29) is 0 Å². The van der Waals surface area contributed by atoms with Crippen LogP contribution in [0.4, 0.5) is 0 Å². The third-order valence-corrected chi connectivity index (χ3v) is 0.798. The molecule has 0 heterocycles. The third-order valence-electron chi connectivity index (χ3n) is 0.672. The molecule has 50 valence electrons. The second-order valence-electron chi connectivity index (χ2n) is 1.55. The molecule has 0 radical (unpaired) electrons. The zero-order valence-corrected chi connectivity index (χ0v) is 6.39. The molecule has 0 spiro atoms. The number of hydrogen-bond acceptors (Lipinski definition) is 1. The van der Waals surface area contributed by atoms with Crippen LogP contribution in [-0.2, 0) is 0 Å². The van der Waals surface area contributed by atoms with Crippen LogP contribution in [0.25, 0.3) is 0 Å². The SMILES string of the molecule is C/N=C/C=C\C=C(/C)Cl.